The normalized spacial score (nSPS) is 11.6. The van der Waals surface area contributed by atoms with Gasteiger partial charge in [-0.2, -0.15) is 0 Å². The average molecular weight is 455 g/mol. The summed E-state index contributed by atoms with van der Waals surface area (Å²) in [5.41, 5.74) is -0.0771. The van der Waals surface area contributed by atoms with Gasteiger partial charge in [-0.3, -0.25) is 4.79 Å². The van der Waals surface area contributed by atoms with Crippen LogP contribution in [0.15, 0.2) is 83.8 Å². The second-order valence-corrected chi connectivity index (χ2v) is 9.76. The Morgan fingerprint density at radius 2 is 1.47 bits per heavy atom. The molecule has 3 aromatic rings. The van der Waals surface area contributed by atoms with Crippen LogP contribution in [0.2, 0.25) is 0 Å². The zero-order valence-electron chi connectivity index (χ0n) is 18.2. The molecule has 0 spiro atoms. The van der Waals surface area contributed by atoms with Crippen LogP contribution in [0.3, 0.4) is 0 Å². The molecule has 2 N–H and O–H groups in total. The SMILES string of the molecule is CC(C)(C)NS(=O)(=O)c1ccc(OCC(=O)Nc2ccccc2Oc2ccccc2)cc1. The topological polar surface area (TPSA) is 93.7 Å². The van der Waals surface area contributed by atoms with Crippen LogP contribution in [-0.2, 0) is 14.8 Å². The summed E-state index contributed by atoms with van der Waals surface area (Å²) in [5.74, 6) is 1.17. The summed E-state index contributed by atoms with van der Waals surface area (Å²) >= 11 is 0. The molecular weight excluding hydrogens is 428 g/mol. The number of amides is 1. The first-order valence-electron chi connectivity index (χ1n) is 10.0. The van der Waals surface area contributed by atoms with E-state index in [9.17, 15) is 13.2 Å². The number of nitrogens with one attached hydrogen (secondary N) is 2. The van der Waals surface area contributed by atoms with Gasteiger partial charge in [-0.15, -0.1) is 0 Å². The van der Waals surface area contributed by atoms with Crippen molar-refractivity contribution >= 4 is 21.6 Å². The number of hydrogen-bond donors (Lipinski definition) is 2. The highest BCUT2D eigenvalue weighted by molar-refractivity contribution is 7.89. The lowest BCUT2D eigenvalue weighted by Gasteiger charge is -2.20. The molecule has 0 atom stereocenters. The van der Waals surface area contributed by atoms with E-state index in [0.717, 1.165) is 0 Å². The molecule has 0 bridgehead atoms. The summed E-state index contributed by atoms with van der Waals surface area (Å²) < 4.78 is 38.6. The van der Waals surface area contributed by atoms with E-state index < -0.39 is 15.6 Å². The Bertz CT molecular complexity index is 1150. The number of para-hydroxylation sites is 3. The predicted octanol–water partition coefficient (Wildman–Crippen LogP) is 4.57. The van der Waals surface area contributed by atoms with Crippen LogP contribution in [0.4, 0.5) is 5.69 Å². The number of hydrogen-bond acceptors (Lipinski definition) is 5. The van der Waals surface area contributed by atoms with E-state index in [4.69, 9.17) is 9.47 Å². The molecule has 0 aliphatic heterocycles. The molecule has 0 saturated carbocycles. The van der Waals surface area contributed by atoms with Crippen LogP contribution in [0.25, 0.3) is 0 Å². The Kier molecular flexibility index (Phi) is 7.17. The summed E-state index contributed by atoms with van der Waals surface area (Å²) in [6, 6.07) is 22.2. The van der Waals surface area contributed by atoms with E-state index in [1.807, 2.05) is 36.4 Å². The van der Waals surface area contributed by atoms with E-state index in [2.05, 4.69) is 10.0 Å². The first-order valence-corrected chi connectivity index (χ1v) is 11.5. The Labute approximate surface area is 188 Å². The molecule has 0 aliphatic carbocycles. The zero-order valence-corrected chi connectivity index (χ0v) is 19.0. The maximum Gasteiger partial charge on any atom is 0.262 e. The molecule has 0 aliphatic rings. The first-order chi connectivity index (χ1) is 15.1. The molecule has 0 radical (unpaired) electrons. The third-order valence-corrected chi connectivity index (χ3v) is 5.85. The van der Waals surface area contributed by atoms with E-state index in [1.165, 1.54) is 24.3 Å². The van der Waals surface area contributed by atoms with E-state index in [0.29, 0.717) is 22.9 Å². The number of anilines is 1. The van der Waals surface area contributed by atoms with Crippen molar-refractivity contribution in [2.24, 2.45) is 0 Å². The minimum atomic E-state index is -3.64. The van der Waals surface area contributed by atoms with Gasteiger partial charge < -0.3 is 14.8 Å². The van der Waals surface area contributed by atoms with Gasteiger partial charge in [0.25, 0.3) is 5.91 Å². The minimum absolute atomic E-state index is 0.121. The van der Waals surface area contributed by atoms with Crippen LogP contribution < -0.4 is 19.5 Å². The third-order valence-electron chi connectivity index (χ3n) is 4.08. The second kappa shape index (κ2) is 9.84. The van der Waals surface area contributed by atoms with Crippen molar-refractivity contribution in [1.82, 2.24) is 4.72 Å². The summed E-state index contributed by atoms with van der Waals surface area (Å²) in [6.45, 7) is 5.06. The fourth-order valence-corrected chi connectivity index (χ4v) is 4.21. The van der Waals surface area contributed by atoms with Gasteiger partial charge in [-0.25, -0.2) is 13.1 Å². The monoisotopic (exact) mass is 454 g/mol. The van der Waals surface area contributed by atoms with Crippen LogP contribution in [-0.4, -0.2) is 26.5 Å². The van der Waals surface area contributed by atoms with Gasteiger partial charge in [-0.05, 0) is 69.3 Å². The maximum atomic E-state index is 12.4. The predicted molar refractivity (Wildman–Crippen MR) is 124 cm³/mol. The molecule has 0 saturated heterocycles. The molecule has 1 amide bonds. The number of carbonyl (C=O) groups is 1. The molecule has 3 rings (SSSR count). The smallest absolute Gasteiger partial charge is 0.262 e. The van der Waals surface area contributed by atoms with Crippen LogP contribution in [0.1, 0.15) is 20.8 Å². The molecule has 32 heavy (non-hydrogen) atoms. The summed E-state index contributed by atoms with van der Waals surface area (Å²) in [4.78, 5) is 12.5. The number of carbonyl (C=O) groups excluding carboxylic acids is 1. The summed E-state index contributed by atoms with van der Waals surface area (Å²) in [6.07, 6.45) is 0. The lowest BCUT2D eigenvalue weighted by molar-refractivity contribution is -0.118. The van der Waals surface area contributed by atoms with Gasteiger partial charge in [0.15, 0.2) is 12.4 Å². The fraction of sp³-hybridized carbons (Fsp3) is 0.208. The molecule has 8 heteroatoms. The van der Waals surface area contributed by atoms with E-state index >= 15 is 0 Å². The molecule has 0 unspecified atom stereocenters. The third kappa shape index (κ3) is 6.83. The van der Waals surface area contributed by atoms with Gasteiger partial charge in [0.1, 0.15) is 11.5 Å². The number of ether oxygens (including phenoxy) is 2. The van der Waals surface area contributed by atoms with Gasteiger partial charge in [0.05, 0.1) is 10.6 Å². The van der Waals surface area contributed by atoms with Gasteiger partial charge in [0, 0.05) is 5.54 Å². The van der Waals surface area contributed by atoms with Crippen molar-refractivity contribution in [2.75, 3.05) is 11.9 Å². The van der Waals surface area contributed by atoms with Crippen molar-refractivity contribution in [3.63, 3.8) is 0 Å². The molecular formula is C24H26N2O5S. The lowest BCUT2D eigenvalue weighted by Crippen LogP contribution is -2.40. The molecule has 168 valence electrons. The van der Waals surface area contributed by atoms with Gasteiger partial charge in [-0.1, -0.05) is 30.3 Å². The van der Waals surface area contributed by atoms with Crippen LogP contribution in [0, 0.1) is 0 Å². The molecule has 7 nitrogen and oxygen atoms in total. The van der Waals surface area contributed by atoms with Crippen molar-refractivity contribution in [3.8, 4) is 17.2 Å². The van der Waals surface area contributed by atoms with Crippen LogP contribution >= 0.6 is 0 Å². The summed E-state index contributed by atoms with van der Waals surface area (Å²) in [7, 11) is -3.64. The van der Waals surface area contributed by atoms with Gasteiger partial charge >= 0.3 is 0 Å². The van der Waals surface area contributed by atoms with Crippen molar-refractivity contribution < 1.29 is 22.7 Å². The zero-order chi connectivity index (χ0) is 23.2. The number of benzene rings is 3. The fourth-order valence-electron chi connectivity index (χ4n) is 2.79. The van der Waals surface area contributed by atoms with Crippen LogP contribution in [0.5, 0.6) is 17.2 Å². The quantitative estimate of drug-likeness (QED) is 0.520. The Hall–Kier alpha value is -3.36. The maximum absolute atomic E-state index is 12.4. The largest absolute Gasteiger partial charge is 0.484 e. The van der Waals surface area contributed by atoms with E-state index in [1.54, 1.807) is 39.0 Å². The Balaban J connectivity index is 1.59. The van der Waals surface area contributed by atoms with Crippen molar-refractivity contribution in [3.05, 3.63) is 78.9 Å². The highest BCUT2D eigenvalue weighted by atomic mass is 32.2. The van der Waals surface area contributed by atoms with Gasteiger partial charge in [0.2, 0.25) is 10.0 Å². The van der Waals surface area contributed by atoms with Crippen molar-refractivity contribution in [1.29, 1.82) is 0 Å². The lowest BCUT2D eigenvalue weighted by atomic mass is 10.1. The molecule has 0 aromatic heterocycles. The molecule has 0 heterocycles. The Morgan fingerprint density at radius 1 is 0.844 bits per heavy atom. The highest BCUT2D eigenvalue weighted by Gasteiger charge is 2.21. The number of sulfonamides is 1. The minimum Gasteiger partial charge on any atom is -0.484 e. The van der Waals surface area contributed by atoms with Crippen molar-refractivity contribution in [2.45, 2.75) is 31.2 Å². The Morgan fingerprint density at radius 3 is 2.12 bits per heavy atom. The highest BCUT2D eigenvalue weighted by Crippen LogP contribution is 2.29. The standard InChI is InChI=1S/C24H26N2O5S/c1-24(2,3)26-32(28,29)20-15-13-18(14-16-20)30-17-23(27)25-21-11-7-8-12-22(21)31-19-9-5-4-6-10-19/h4-16,26H,17H2,1-3H3,(H,25,27). The second-order valence-electron chi connectivity index (χ2n) is 8.08. The number of rotatable bonds is 8. The molecule has 0 fully saturated rings. The first kappa shape index (κ1) is 23.3. The average Bonchev–Trinajstić information content (AvgIpc) is 2.73. The summed E-state index contributed by atoms with van der Waals surface area (Å²) in [5, 5.41) is 2.77. The molecule has 3 aromatic carbocycles. The van der Waals surface area contributed by atoms with E-state index in [-0.39, 0.29) is 17.4 Å².